The second kappa shape index (κ2) is 3.24. The maximum Gasteiger partial charge on any atom is 0.358 e. The Morgan fingerprint density at radius 1 is 1.40 bits per heavy atom. The number of benzene rings is 1. The third-order valence-corrected chi connectivity index (χ3v) is 2.92. The maximum atomic E-state index is 9.07. The molecule has 2 aromatic rings. The number of fused-ring (bicyclic) bond motifs is 3. The molecular weight excluding hydrogens is 190 g/mol. The highest BCUT2D eigenvalue weighted by Crippen LogP contribution is 2.19. The largest absolute Gasteiger partial charge is 0.393 e. The number of imidazole rings is 1. The number of rotatable bonds is 2. The number of nitrogens with zero attached hydrogens (tertiary/aromatic N) is 2. The van der Waals surface area contributed by atoms with Gasteiger partial charge in [-0.05, 0) is 12.1 Å². The van der Waals surface area contributed by atoms with Gasteiger partial charge in [-0.1, -0.05) is 12.1 Å². The molecule has 0 saturated heterocycles. The molecule has 0 spiro atoms. The Morgan fingerprint density at radius 2 is 2.27 bits per heavy atom. The Balaban J connectivity index is 2.31. The summed E-state index contributed by atoms with van der Waals surface area (Å²) in [4.78, 5) is 0. The monoisotopic (exact) mass is 204 g/mol. The summed E-state index contributed by atoms with van der Waals surface area (Å²) in [5.41, 5.74) is 2.43. The summed E-state index contributed by atoms with van der Waals surface area (Å²) < 4.78 is 4.41. The van der Waals surface area contributed by atoms with E-state index in [9.17, 15) is 0 Å². The molecule has 0 bridgehead atoms. The quantitative estimate of drug-likeness (QED) is 0.693. The zero-order valence-corrected chi connectivity index (χ0v) is 8.48. The first kappa shape index (κ1) is 8.73. The van der Waals surface area contributed by atoms with Gasteiger partial charge in [0.2, 0.25) is 0 Å². The summed E-state index contributed by atoms with van der Waals surface area (Å²) in [6.45, 7) is 2.81. The van der Waals surface area contributed by atoms with E-state index in [0.717, 1.165) is 19.0 Å². The molecule has 1 aliphatic heterocycles. The first-order valence-electron chi connectivity index (χ1n) is 5.27. The van der Waals surface area contributed by atoms with E-state index in [0.29, 0.717) is 6.54 Å². The molecule has 0 radical (unpaired) electrons. The lowest BCUT2D eigenvalue weighted by atomic mass is 10.3. The van der Waals surface area contributed by atoms with Crippen LogP contribution in [0.2, 0.25) is 0 Å². The normalized spacial score (nSPS) is 14.2. The molecule has 0 aliphatic carbocycles. The first-order chi connectivity index (χ1) is 7.42. The van der Waals surface area contributed by atoms with E-state index < -0.39 is 0 Å². The van der Waals surface area contributed by atoms with Crippen LogP contribution in [0.15, 0.2) is 24.3 Å². The number of nitrogens with one attached hydrogen (secondary N) is 1. The number of hydrogen-bond acceptors (Lipinski definition) is 2. The SMILES string of the molecule is OCCn1c2[n+](c3ccccc31)CCN2. The molecule has 0 unspecified atom stereocenters. The van der Waals surface area contributed by atoms with Crippen molar-refractivity contribution < 1.29 is 9.67 Å². The minimum Gasteiger partial charge on any atom is -0.393 e. The van der Waals surface area contributed by atoms with Crippen molar-refractivity contribution in [3.63, 3.8) is 0 Å². The topological polar surface area (TPSA) is 41.1 Å². The molecule has 0 fully saturated rings. The van der Waals surface area contributed by atoms with E-state index in [4.69, 9.17) is 5.11 Å². The second-order valence-corrected chi connectivity index (χ2v) is 3.77. The molecule has 15 heavy (non-hydrogen) atoms. The lowest BCUT2D eigenvalue weighted by Gasteiger charge is -1.98. The zero-order chi connectivity index (χ0) is 10.3. The van der Waals surface area contributed by atoms with Crippen LogP contribution >= 0.6 is 0 Å². The highest BCUT2D eigenvalue weighted by Gasteiger charge is 2.26. The number of hydrogen-bond donors (Lipinski definition) is 2. The van der Waals surface area contributed by atoms with Crippen LogP contribution in [0.5, 0.6) is 0 Å². The van der Waals surface area contributed by atoms with Gasteiger partial charge in [0.15, 0.2) is 0 Å². The van der Waals surface area contributed by atoms with Crippen molar-refractivity contribution in [2.24, 2.45) is 0 Å². The van der Waals surface area contributed by atoms with Gasteiger partial charge in [-0.3, -0.25) is 5.32 Å². The Labute approximate surface area is 87.8 Å². The van der Waals surface area contributed by atoms with Crippen LogP contribution in [-0.2, 0) is 13.1 Å². The van der Waals surface area contributed by atoms with Crippen molar-refractivity contribution in [1.82, 2.24) is 4.57 Å². The Morgan fingerprint density at radius 3 is 3.13 bits per heavy atom. The summed E-state index contributed by atoms with van der Waals surface area (Å²) in [7, 11) is 0. The van der Waals surface area contributed by atoms with E-state index in [2.05, 4.69) is 32.7 Å². The Kier molecular flexibility index (Phi) is 1.89. The molecule has 0 amide bonds. The molecule has 3 rings (SSSR count). The van der Waals surface area contributed by atoms with Crippen molar-refractivity contribution in [3.05, 3.63) is 24.3 Å². The van der Waals surface area contributed by atoms with Crippen LogP contribution in [-0.4, -0.2) is 22.8 Å². The van der Waals surface area contributed by atoms with Crippen molar-refractivity contribution in [3.8, 4) is 0 Å². The fourth-order valence-corrected chi connectivity index (χ4v) is 2.32. The lowest BCUT2D eigenvalue weighted by Crippen LogP contribution is -2.29. The highest BCUT2D eigenvalue weighted by molar-refractivity contribution is 5.74. The van der Waals surface area contributed by atoms with Gasteiger partial charge in [0, 0.05) is 0 Å². The van der Waals surface area contributed by atoms with Gasteiger partial charge in [-0.2, -0.15) is 0 Å². The molecule has 1 aromatic heterocycles. The number of para-hydroxylation sites is 2. The number of aliphatic hydroxyl groups is 1. The highest BCUT2D eigenvalue weighted by atomic mass is 16.3. The Bertz CT molecular complexity index is 504. The summed E-state index contributed by atoms with van der Waals surface area (Å²) in [5, 5.41) is 12.4. The average Bonchev–Trinajstić information content (AvgIpc) is 2.82. The van der Waals surface area contributed by atoms with Gasteiger partial charge in [0.1, 0.15) is 17.6 Å². The van der Waals surface area contributed by atoms with Gasteiger partial charge in [0.25, 0.3) is 0 Å². The second-order valence-electron chi connectivity index (χ2n) is 3.77. The molecule has 4 heteroatoms. The summed E-state index contributed by atoms with van der Waals surface area (Å²) in [6.07, 6.45) is 0. The first-order valence-corrected chi connectivity index (χ1v) is 5.27. The van der Waals surface area contributed by atoms with E-state index in [1.54, 1.807) is 0 Å². The molecular formula is C11H14N3O+. The van der Waals surface area contributed by atoms with Gasteiger partial charge < -0.3 is 5.11 Å². The minimum atomic E-state index is 0.174. The van der Waals surface area contributed by atoms with Crippen LogP contribution in [0.4, 0.5) is 5.95 Å². The number of anilines is 1. The predicted octanol–water partition coefficient (Wildman–Crippen LogP) is 0.347. The van der Waals surface area contributed by atoms with Crippen LogP contribution in [0.1, 0.15) is 0 Å². The van der Waals surface area contributed by atoms with Crippen LogP contribution < -0.4 is 9.88 Å². The van der Waals surface area contributed by atoms with E-state index in [-0.39, 0.29) is 6.61 Å². The van der Waals surface area contributed by atoms with E-state index in [1.807, 2.05) is 6.07 Å². The van der Waals surface area contributed by atoms with Crippen molar-refractivity contribution in [1.29, 1.82) is 0 Å². The number of aromatic nitrogens is 2. The third-order valence-electron chi connectivity index (χ3n) is 2.92. The van der Waals surface area contributed by atoms with Gasteiger partial charge in [-0.25, -0.2) is 9.13 Å². The molecule has 1 aliphatic rings. The predicted molar refractivity (Wildman–Crippen MR) is 57.7 cm³/mol. The van der Waals surface area contributed by atoms with Crippen molar-refractivity contribution in [2.45, 2.75) is 13.1 Å². The van der Waals surface area contributed by atoms with Crippen LogP contribution in [0, 0.1) is 0 Å². The van der Waals surface area contributed by atoms with Gasteiger partial charge in [-0.15, -0.1) is 0 Å². The molecule has 0 atom stereocenters. The number of aliphatic hydroxyl groups excluding tert-OH is 1. The molecule has 2 heterocycles. The van der Waals surface area contributed by atoms with Crippen LogP contribution in [0.25, 0.3) is 11.0 Å². The standard InChI is InChI=1S/C11H13N3O/c15-8-7-14-10-4-2-1-3-9(10)13-6-5-12-11(13)14/h1-4,15H,5-8H2/p+1. The molecule has 0 saturated carbocycles. The fourth-order valence-electron chi connectivity index (χ4n) is 2.32. The third kappa shape index (κ3) is 1.15. The van der Waals surface area contributed by atoms with Crippen molar-refractivity contribution >= 4 is 17.0 Å². The molecule has 78 valence electrons. The van der Waals surface area contributed by atoms with Gasteiger partial charge in [0.05, 0.1) is 19.7 Å². The minimum absolute atomic E-state index is 0.174. The smallest absolute Gasteiger partial charge is 0.358 e. The lowest BCUT2D eigenvalue weighted by molar-refractivity contribution is -0.644. The summed E-state index contributed by atoms with van der Waals surface area (Å²) in [6, 6.07) is 8.31. The van der Waals surface area contributed by atoms with Crippen LogP contribution in [0.3, 0.4) is 0 Å². The Hall–Kier alpha value is -1.55. The van der Waals surface area contributed by atoms with E-state index in [1.165, 1.54) is 11.0 Å². The van der Waals surface area contributed by atoms with Gasteiger partial charge >= 0.3 is 5.95 Å². The van der Waals surface area contributed by atoms with E-state index >= 15 is 0 Å². The zero-order valence-electron chi connectivity index (χ0n) is 8.48. The molecule has 4 nitrogen and oxygen atoms in total. The summed E-state index contributed by atoms with van der Waals surface area (Å²) in [5.74, 6) is 1.12. The fraction of sp³-hybridized carbons (Fsp3) is 0.364. The molecule has 1 aromatic carbocycles. The average molecular weight is 204 g/mol. The maximum absolute atomic E-state index is 9.07. The van der Waals surface area contributed by atoms with Crippen molar-refractivity contribution in [2.75, 3.05) is 18.5 Å². The molecule has 2 N–H and O–H groups in total. The summed E-state index contributed by atoms with van der Waals surface area (Å²) >= 11 is 0.